The molecule has 1 aliphatic heterocycles. The van der Waals surface area contributed by atoms with Crippen molar-refractivity contribution in [3.8, 4) is 0 Å². The van der Waals surface area contributed by atoms with Gasteiger partial charge in [-0.3, -0.25) is 57.5 Å². The lowest BCUT2D eigenvalue weighted by molar-refractivity contribution is -0.157. The van der Waals surface area contributed by atoms with Crippen LogP contribution in [0.5, 0.6) is 0 Å². The zero-order valence-electron chi connectivity index (χ0n) is 58.0. The van der Waals surface area contributed by atoms with Crippen LogP contribution in [-0.2, 0) is 57.5 Å². The summed E-state index contributed by atoms with van der Waals surface area (Å²) < 4.78 is 0. The summed E-state index contributed by atoms with van der Waals surface area (Å²) in [6.45, 7) is 28.7. The van der Waals surface area contributed by atoms with Crippen LogP contribution in [0.15, 0.2) is 12.2 Å². The minimum absolute atomic E-state index is 0.0410. The number of rotatable bonds is 17. The number of carbonyl (C=O) groups is 12. The Kier molecular flexibility index (Phi) is 32.7. The highest BCUT2D eigenvalue weighted by Crippen LogP contribution is 2.26. The van der Waals surface area contributed by atoms with Gasteiger partial charge in [-0.1, -0.05) is 102 Å². The molecule has 25 nitrogen and oxygen atoms in total. The fourth-order valence-corrected chi connectivity index (χ4v) is 11.3. The van der Waals surface area contributed by atoms with Gasteiger partial charge < -0.3 is 65.8 Å². The van der Waals surface area contributed by atoms with Gasteiger partial charge in [-0.2, -0.15) is 0 Å². The number of amides is 11. The molecule has 1 rings (SSSR count). The Morgan fingerprint density at radius 2 is 0.921 bits per heavy atom. The molecule has 89 heavy (non-hydrogen) atoms. The number of nitrogens with one attached hydrogen (secondary N) is 4. The van der Waals surface area contributed by atoms with E-state index < -0.39 is 174 Å². The standard InChI is InChI=1S/C64H113N11O14/c1-25-27-28-40(14)53(78)52-57(82)67-44(26-2)60(85)69(18)43(17)59(84)74(23)51(39(13)29-30-48(76)77)56(81)68-49(37(9)10)63(88)70(19)45(31-34(3)4)55(80)65-41(15)54(79)66-42(16)58(83)71(20)46(32-35(5)6)61(86)72(21)47(33-36(7)8)62(87)73(22)50(38(11)12)64(89)75(52)24/h25,27,34-47,49-53,78H,26,28-33H2,1-24H3,(H,65,80)(H,66,79)(H,67,82)(H,68,81)(H,76,77)/b27-25+/t39-,40-,41+,42-,43-,44+,45+,46+,47+,49+,50+,51+,52+,53-/m1/s1. The fourth-order valence-electron chi connectivity index (χ4n) is 11.3. The number of aliphatic hydroxyl groups excluding tert-OH is 1. The van der Waals surface area contributed by atoms with Crippen molar-refractivity contribution in [1.29, 1.82) is 0 Å². The van der Waals surface area contributed by atoms with Crippen LogP contribution in [0.25, 0.3) is 0 Å². The van der Waals surface area contributed by atoms with Crippen LogP contribution in [0.4, 0.5) is 0 Å². The monoisotopic (exact) mass is 1260 g/mol. The molecule has 0 spiro atoms. The van der Waals surface area contributed by atoms with Crippen molar-refractivity contribution >= 4 is 70.9 Å². The maximum Gasteiger partial charge on any atom is 0.303 e. The van der Waals surface area contributed by atoms with E-state index in [2.05, 4.69) is 21.3 Å². The van der Waals surface area contributed by atoms with Crippen LogP contribution < -0.4 is 21.3 Å². The Balaban J connectivity index is 4.44. The van der Waals surface area contributed by atoms with Gasteiger partial charge in [-0.25, -0.2) is 0 Å². The van der Waals surface area contributed by atoms with Gasteiger partial charge in [0.05, 0.1) is 6.10 Å². The number of aliphatic carboxylic acids is 1. The Morgan fingerprint density at radius 3 is 1.38 bits per heavy atom. The molecule has 0 saturated carbocycles. The van der Waals surface area contributed by atoms with Crippen molar-refractivity contribution in [1.82, 2.24) is 55.6 Å². The van der Waals surface area contributed by atoms with Gasteiger partial charge in [0.15, 0.2) is 0 Å². The Hall–Kier alpha value is -6.66. The molecular weight excluding hydrogens is 1150 g/mol. The lowest BCUT2D eigenvalue weighted by atomic mass is 9.91. The topological polar surface area (TPSA) is 316 Å². The van der Waals surface area contributed by atoms with Crippen molar-refractivity contribution in [2.24, 2.45) is 41.4 Å². The van der Waals surface area contributed by atoms with E-state index in [-0.39, 0.29) is 56.3 Å². The molecule has 0 unspecified atom stereocenters. The number of likely N-dealkylation sites (N-methyl/N-ethyl adjacent to an activating group) is 7. The average molecular weight is 1260 g/mol. The predicted molar refractivity (Wildman–Crippen MR) is 340 cm³/mol. The molecule has 508 valence electrons. The molecule has 25 heteroatoms. The fraction of sp³-hybridized carbons (Fsp3) is 0.781. The van der Waals surface area contributed by atoms with Crippen LogP contribution in [0.2, 0.25) is 0 Å². The Morgan fingerprint density at radius 1 is 0.483 bits per heavy atom. The molecule has 0 aromatic rings. The normalized spacial score (nSPS) is 27.3. The summed E-state index contributed by atoms with van der Waals surface area (Å²) in [5, 5.41) is 32.7. The molecule has 0 bridgehead atoms. The molecule has 1 heterocycles. The number of carboxylic acids is 1. The molecule has 1 fully saturated rings. The Bertz CT molecular complexity index is 2490. The third kappa shape index (κ3) is 22.1. The van der Waals surface area contributed by atoms with E-state index >= 15 is 9.59 Å². The second kappa shape index (κ2) is 36.3. The predicted octanol–water partition coefficient (Wildman–Crippen LogP) is 3.11. The summed E-state index contributed by atoms with van der Waals surface area (Å²) in [5.74, 6) is -12.6. The van der Waals surface area contributed by atoms with Crippen molar-refractivity contribution in [2.45, 2.75) is 235 Å². The van der Waals surface area contributed by atoms with Crippen molar-refractivity contribution in [3.63, 3.8) is 0 Å². The van der Waals surface area contributed by atoms with Crippen LogP contribution in [0.1, 0.15) is 163 Å². The molecule has 0 aliphatic carbocycles. The minimum Gasteiger partial charge on any atom is -0.481 e. The minimum atomic E-state index is -1.66. The van der Waals surface area contributed by atoms with E-state index in [9.17, 15) is 58.2 Å². The molecule has 1 saturated heterocycles. The number of carbonyl (C=O) groups excluding carboxylic acids is 11. The first kappa shape index (κ1) is 80.4. The SMILES string of the molecule is C/C=C/C[C@@H](C)[C@@H](O)[C@H]1C(=O)N[C@@H](CC)C(=O)N(C)[C@H](C)C(=O)N(C)[C@@H]([C@H](C)CCC(=O)O)C(=O)N[C@@H](C(C)C)C(=O)N(C)[C@@H](CC(C)C)C(=O)N[C@@H](C)C(=O)N[C@H](C)C(=O)N(C)[C@@H](CC(C)C)C(=O)N(C)[C@@H](CC(C)C)C(=O)N(C)[C@@H](C(C)C)C(=O)N1C. The number of carboxylic acid groups (broad SMARTS) is 1. The van der Waals surface area contributed by atoms with Gasteiger partial charge in [0.2, 0.25) is 65.0 Å². The van der Waals surface area contributed by atoms with E-state index in [0.29, 0.717) is 0 Å². The maximum atomic E-state index is 15.2. The number of hydrogen-bond acceptors (Lipinski definition) is 13. The van der Waals surface area contributed by atoms with E-state index in [1.807, 2.05) is 41.5 Å². The molecule has 0 radical (unpaired) electrons. The quantitative estimate of drug-likeness (QED) is 0.114. The summed E-state index contributed by atoms with van der Waals surface area (Å²) in [7, 11) is 9.64. The number of nitrogens with zero attached hydrogens (tertiary/aromatic N) is 7. The first-order chi connectivity index (χ1) is 41.0. The van der Waals surface area contributed by atoms with Crippen molar-refractivity contribution in [3.05, 3.63) is 12.2 Å². The summed E-state index contributed by atoms with van der Waals surface area (Å²) in [6, 6.07) is -14.5. The summed E-state index contributed by atoms with van der Waals surface area (Å²) in [4.78, 5) is 182. The van der Waals surface area contributed by atoms with Gasteiger partial charge in [0, 0.05) is 55.8 Å². The number of aliphatic hydroxyl groups is 1. The van der Waals surface area contributed by atoms with Crippen LogP contribution in [0.3, 0.4) is 0 Å². The first-order valence-electron chi connectivity index (χ1n) is 31.6. The third-order valence-corrected chi connectivity index (χ3v) is 17.1. The van der Waals surface area contributed by atoms with Crippen LogP contribution in [-0.4, -0.2) is 237 Å². The maximum absolute atomic E-state index is 15.2. The third-order valence-electron chi connectivity index (χ3n) is 17.1. The second-order valence-corrected chi connectivity index (χ2v) is 26.7. The average Bonchev–Trinajstić information content (AvgIpc) is 2.30. The van der Waals surface area contributed by atoms with Gasteiger partial charge in [0.25, 0.3) is 0 Å². The molecule has 0 aromatic carbocycles. The van der Waals surface area contributed by atoms with Crippen molar-refractivity contribution in [2.75, 3.05) is 49.3 Å². The van der Waals surface area contributed by atoms with E-state index in [0.717, 1.165) is 14.7 Å². The second-order valence-electron chi connectivity index (χ2n) is 26.7. The molecule has 6 N–H and O–H groups in total. The van der Waals surface area contributed by atoms with Gasteiger partial charge in [0.1, 0.15) is 66.5 Å². The highest BCUT2D eigenvalue weighted by Gasteiger charge is 2.46. The lowest BCUT2D eigenvalue weighted by Gasteiger charge is -2.41. The molecular formula is C64H113N11O14. The molecule has 0 aromatic heterocycles. The van der Waals surface area contributed by atoms with Crippen LogP contribution in [0, 0.1) is 41.4 Å². The largest absolute Gasteiger partial charge is 0.481 e. The Labute approximate surface area is 530 Å². The molecule has 1 aliphatic rings. The van der Waals surface area contributed by atoms with E-state index in [4.69, 9.17) is 0 Å². The highest BCUT2D eigenvalue weighted by molar-refractivity contribution is 6.00. The van der Waals surface area contributed by atoms with Gasteiger partial charge in [-0.05, 0) is 108 Å². The highest BCUT2D eigenvalue weighted by atomic mass is 16.4. The summed E-state index contributed by atoms with van der Waals surface area (Å²) >= 11 is 0. The van der Waals surface area contributed by atoms with Gasteiger partial charge >= 0.3 is 5.97 Å². The summed E-state index contributed by atoms with van der Waals surface area (Å²) in [5.41, 5.74) is 0. The lowest BCUT2D eigenvalue weighted by Crippen LogP contribution is -2.64. The van der Waals surface area contributed by atoms with Gasteiger partial charge in [-0.15, -0.1) is 0 Å². The van der Waals surface area contributed by atoms with E-state index in [1.165, 1.54) is 89.7 Å². The zero-order chi connectivity index (χ0) is 69.1. The first-order valence-corrected chi connectivity index (χ1v) is 31.6. The number of hydrogen-bond donors (Lipinski definition) is 6. The molecule has 11 amide bonds. The zero-order valence-corrected chi connectivity index (χ0v) is 58.0. The van der Waals surface area contributed by atoms with Crippen molar-refractivity contribution < 1.29 is 67.7 Å². The molecule has 14 atom stereocenters. The van der Waals surface area contributed by atoms with E-state index in [1.54, 1.807) is 67.5 Å². The summed E-state index contributed by atoms with van der Waals surface area (Å²) in [6.07, 6.45) is 2.12. The smallest absolute Gasteiger partial charge is 0.303 e. The number of allylic oxidation sites excluding steroid dienone is 2. The van der Waals surface area contributed by atoms with Crippen LogP contribution >= 0.6 is 0 Å².